The van der Waals surface area contributed by atoms with Crippen LogP contribution < -0.4 is 5.32 Å². The molecule has 0 saturated heterocycles. The first kappa shape index (κ1) is 18.1. The molecule has 5 nitrogen and oxygen atoms in total. The van der Waals surface area contributed by atoms with Crippen LogP contribution in [-0.2, 0) is 11.3 Å². The van der Waals surface area contributed by atoms with Crippen LogP contribution in [0.25, 0.3) is 11.0 Å². The van der Waals surface area contributed by atoms with Crippen molar-refractivity contribution in [3.8, 4) is 0 Å². The Kier molecular flexibility index (Phi) is 5.68. The standard InChI is InChI=1S/C20H20ClN3O2/c1-3-9-26-20(25)17-12-23-19-16(8-7-13(2)24-19)18(17)22-11-14-5-4-6-15(21)10-14/h4-8,10,12H,3,9,11H2,1-2H3,(H,22,23,24). The van der Waals surface area contributed by atoms with Crippen molar-refractivity contribution in [3.63, 3.8) is 0 Å². The minimum Gasteiger partial charge on any atom is -0.462 e. The predicted molar refractivity (Wildman–Crippen MR) is 104 cm³/mol. The molecule has 26 heavy (non-hydrogen) atoms. The SMILES string of the molecule is CCCOC(=O)c1cnc2nc(C)ccc2c1NCc1cccc(Cl)c1. The second kappa shape index (κ2) is 8.15. The van der Waals surface area contributed by atoms with Crippen LogP contribution in [0.3, 0.4) is 0 Å². The number of nitrogens with zero attached hydrogens (tertiary/aromatic N) is 2. The normalized spacial score (nSPS) is 10.7. The van der Waals surface area contributed by atoms with E-state index >= 15 is 0 Å². The van der Waals surface area contributed by atoms with E-state index in [2.05, 4.69) is 15.3 Å². The summed E-state index contributed by atoms with van der Waals surface area (Å²) in [6, 6.07) is 11.4. The Morgan fingerprint density at radius 1 is 1.27 bits per heavy atom. The lowest BCUT2D eigenvalue weighted by Crippen LogP contribution is -2.12. The highest BCUT2D eigenvalue weighted by molar-refractivity contribution is 6.30. The van der Waals surface area contributed by atoms with E-state index in [9.17, 15) is 4.79 Å². The molecule has 0 radical (unpaired) electrons. The molecule has 0 atom stereocenters. The van der Waals surface area contributed by atoms with Gasteiger partial charge in [0.15, 0.2) is 5.65 Å². The van der Waals surface area contributed by atoms with E-state index in [1.807, 2.05) is 50.2 Å². The van der Waals surface area contributed by atoms with E-state index in [0.29, 0.717) is 35.1 Å². The van der Waals surface area contributed by atoms with Crippen molar-refractivity contribution in [2.45, 2.75) is 26.8 Å². The second-order valence-electron chi connectivity index (χ2n) is 5.99. The molecule has 3 rings (SSSR count). The molecule has 0 amide bonds. The number of halogens is 1. The molecule has 6 heteroatoms. The third-order valence-corrected chi connectivity index (χ3v) is 4.12. The van der Waals surface area contributed by atoms with Crippen LogP contribution in [0, 0.1) is 6.92 Å². The van der Waals surface area contributed by atoms with Crippen molar-refractivity contribution in [2.75, 3.05) is 11.9 Å². The molecule has 0 spiro atoms. The lowest BCUT2D eigenvalue weighted by atomic mass is 10.1. The number of esters is 1. The van der Waals surface area contributed by atoms with Crippen LogP contribution in [-0.4, -0.2) is 22.5 Å². The maximum atomic E-state index is 12.5. The van der Waals surface area contributed by atoms with Crippen molar-refractivity contribution >= 4 is 34.3 Å². The van der Waals surface area contributed by atoms with Gasteiger partial charge in [0.25, 0.3) is 0 Å². The number of aromatic nitrogens is 2. The van der Waals surface area contributed by atoms with Crippen molar-refractivity contribution in [2.24, 2.45) is 0 Å². The number of benzene rings is 1. The van der Waals surface area contributed by atoms with Gasteiger partial charge in [-0.1, -0.05) is 30.7 Å². The first-order valence-electron chi connectivity index (χ1n) is 8.50. The molecule has 0 unspecified atom stereocenters. The Hall–Kier alpha value is -2.66. The first-order valence-corrected chi connectivity index (χ1v) is 8.88. The van der Waals surface area contributed by atoms with Gasteiger partial charge in [0.2, 0.25) is 0 Å². The summed E-state index contributed by atoms with van der Waals surface area (Å²) in [5.74, 6) is -0.393. The van der Waals surface area contributed by atoms with E-state index in [1.165, 1.54) is 6.20 Å². The second-order valence-corrected chi connectivity index (χ2v) is 6.43. The molecule has 0 fully saturated rings. The number of nitrogens with one attached hydrogen (secondary N) is 1. The molecule has 0 saturated carbocycles. The van der Waals surface area contributed by atoms with Gasteiger partial charge in [-0.25, -0.2) is 14.8 Å². The predicted octanol–water partition coefficient (Wildman–Crippen LogP) is 4.77. The van der Waals surface area contributed by atoms with Gasteiger partial charge in [0.05, 0.1) is 12.3 Å². The number of aryl methyl sites for hydroxylation is 1. The third kappa shape index (κ3) is 4.11. The molecule has 0 aliphatic heterocycles. The van der Waals surface area contributed by atoms with Gasteiger partial charge >= 0.3 is 5.97 Å². The summed E-state index contributed by atoms with van der Waals surface area (Å²) >= 11 is 6.06. The van der Waals surface area contributed by atoms with E-state index < -0.39 is 5.97 Å². The van der Waals surface area contributed by atoms with Crippen LogP contribution in [0.5, 0.6) is 0 Å². The highest BCUT2D eigenvalue weighted by Crippen LogP contribution is 2.27. The first-order chi connectivity index (χ1) is 12.6. The maximum absolute atomic E-state index is 12.5. The Balaban J connectivity index is 1.99. The molecule has 3 aromatic rings. The number of hydrogen-bond donors (Lipinski definition) is 1. The number of carbonyl (C=O) groups is 1. The van der Waals surface area contributed by atoms with Crippen LogP contribution in [0.15, 0.2) is 42.6 Å². The fourth-order valence-electron chi connectivity index (χ4n) is 2.63. The highest BCUT2D eigenvalue weighted by Gasteiger charge is 2.17. The van der Waals surface area contributed by atoms with Gasteiger partial charge in [-0.3, -0.25) is 0 Å². The Morgan fingerprint density at radius 3 is 2.88 bits per heavy atom. The van der Waals surface area contributed by atoms with E-state index in [1.54, 1.807) is 0 Å². The zero-order valence-electron chi connectivity index (χ0n) is 14.8. The third-order valence-electron chi connectivity index (χ3n) is 3.88. The van der Waals surface area contributed by atoms with Crippen LogP contribution in [0.1, 0.15) is 35.0 Å². The largest absolute Gasteiger partial charge is 0.462 e. The minimum atomic E-state index is -0.393. The van der Waals surface area contributed by atoms with Crippen LogP contribution in [0.4, 0.5) is 5.69 Å². The van der Waals surface area contributed by atoms with Gasteiger partial charge in [-0.15, -0.1) is 0 Å². The Bertz CT molecular complexity index is 943. The van der Waals surface area contributed by atoms with Crippen molar-refractivity contribution in [1.82, 2.24) is 9.97 Å². The number of fused-ring (bicyclic) bond motifs is 1. The van der Waals surface area contributed by atoms with E-state index in [0.717, 1.165) is 23.1 Å². The summed E-state index contributed by atoms with van der Waals surface area (Å²) < 4.78 is 5.30. The minimum absolute atomic E-state index is 0.372. The van der Waals surface area contributed by atoms with Gasteiger partial charge in [0.1, 0.15) is 5.56 Å². The van der Waals surface area contributed by atoms with E-state index in [4.69, 9.17) is 16.3 Å². The quantitative estimate of drug-likeness (QED) is 0.634. The molecule has 0 aliphatic carbocycles. The van der Waals surface area contributed by atoms with Gasteiger partial charge in [0, 0.05) is 28.8 Å². The Labute approximate surface area is 157 Å². The molecule has 1 N–H and O–H groups in total. The summed E-state index contributed by atoms with van der Waals surface area (Å²) in [6.07, 6.45) is 2.28. The van der Waals surface area contributed by atoms with Crippen molar-refractivity contribution < 1.29 is 9.53 Å². The molecule has 1 aromatic carbocycles. The van der Waals surface area contributed by atoms with Gasteiger partial charge < -0.3 is 10.1 Å². The average molecular weight is 370 g/mol. The lowest BCUT2D eigenvalue weighted by molar-refractivity contribution is 0.0506. The van der Waals surface area contributed by atoms with Crippen LogP contribution in [0.2, 0.25) is 5.02 Å². The number of carbonyl (C=O) groups excluding carboxylic acids is 1. The van der Waals surface area contributed by atoms with Crippen molar-refractivity contribution in [3.05, 3.63) is 64.4 Å². The van der Waals surface area contributed by atoms with Gasteiger partial charge in [-0.05, 0) is 43.2 Å². The summed E-state index contributed by atoms with van der Waals surface area (Å²) in [5.41, 5.74) is 3.54. The summed E-state index contributed by atoms with van der Waals surface area (Å²) in [5, 5.41) is 4.79. The number of anilines is 1. The number of ether oxygens (including phenoxy) is 1. The zero-order chi connectivity index (χ0) is 18.5. The van der Waals surface area contributed by atoms with Crippen LogP contribution >= 0.6 is 11.6 Å². The maximum Gasteiger partial charge on any atom is 0.341 e. The Morgan fingerprint density at radius 2 is 2.12 bits per heavy atom. The lowest BCUT2D eigenvalue weighted by Gasteiger charge is -2.14. The molecular formula is C20H20ClN3O2. The van der Waals surface area contributed by atoms with Gasteiger partial charge in [-0.2, -0.15) is 0 Å². The summed E-state index contributed by atoms with van der Waals surface area (Å²) in [6.45, 7) is 4.75. The number of rotatable bonds is 6. The summed E-state index contributed by atoms with van der Waals surface area (Å²) in [4.78, 5) is 21.2. The molecule has 2 aromatic heterocycles. The van der Waals surface area contributed by atoms with E-state index in [-0.39, 0.29) is 0 Å². The summed E-state index contributed by atoms with van der Waals surface area (Å²) in [7, 11) is 0. The topological polar surface area (TPSA) is 64.1 Å². The molecule has 134 valence electrons. The fourth-order valence-corrected chi connectivity index (χ4v) is 2.84. The number of hydrogen-bond acceptors (Lipinski definition) is 5. The monoisotopic (exact) mass is 369 g/mol. The van der Waals surface area contributed by atoms with Crippen molar-refractivity contribution in [1.29, 1.82) is 0 Å². The fraction of sp³-hybridized carbons (Fsp3) is 0.250. The zero-order valence-corrected chi connectivity index (χ0v) is 15.5. The molecule has 2 heterocycles. The smallest absolute Gasteiger partial charge is 0.341 e. The molecule has 0 bridgehead atoms. The molecular weight excluding hydrogens is 350 g/mol. The molecule has 0 aliphatic rings. The number of pyridine rings is 2. The highest BCUT2D eigenvalue weighted by atomic mass is 35.5. The average Bonchev–Trinajstić information content (AvgIpc) is 2.63.